The van der Waals surface area contributed by atoms with Crippen molar-refractivity contribution in [2.75, 3.05) is 0 Å². The Bertz CT molecular complexity index is 224. The summed E-state index contributed by atoms with van der Waals surface area (Å²) in [6, 6.07) is 0. The number of carbonyl (C=O) groups excluding carboxylic acids is 1. The summed E-state index contributed by atoms with van der Waals surface area (Å²) >= 11 is 1.09. The lowest BCUT2D eigenvalue weighted by Crippen LogP contribution is -1.84. The molecule has 1 heterocycles. The Kier molecular flexibility index (Phi) is 2.39. The number of rotatable bonds is 1. The maximum absolute atomic E-state index is 10.5. The first-order chi connectivity index (χ1) is 4.79. The molecule has 0 aliphatic heterocycles. The molecule has 0 spiro atoms. The summed E-state index contributed by atoms with van der Waals surface area (Å²) in [6.07, 6.45) is 4.70. The van der Waals surface area contributed by atoms with Crippen LogP contribution in [0.1, 0.15) is 6.92 Å². The first kappa shape index (κ1) is 7.21. The van der Waals surface area contributed by atoms with Crippen LogP contribution in [0.5, 0.6) is 0 Å². The second-order valence-corrected chi connectivity index (χ2v) is 2.83. The lowest BCUT2D eigenvalue weighted by molar-refractivity contribution is -0.109. The fourth-order valence-electron chi connectivity index (χ4n) is 0.485. The van der Waals surface area contributed by atoms with E-state index in [2.05, 4.69) is 9.97 Å². The van der Waals surface area contributed by atoms with Crippen molar-refractivity contribution in [3.63, 3.8) is 0 Å². The molecule has 1 aromatic heterocycles. The molecule has 0 N–H and O–H groups in total. The molecule has 4 heteroatoms. The Balaban J connectivity index is 2.67. The van der Waals surface area contributed by atoms with Crippen molar-refractivity contribution in [3.8, 4) is 0 Å². The van der Waals surface area contributed by atoms with Gasteiger partial charge in [0.1, 0.15) is 5.03 Å². The van der Waals surface area contributed by atoms with Crippen molar-refractivity contribution in [1.82, 2.24) is 9.97 Å². The Hall–Kier alpha value is -0.900. The molecule has 1 aromatic rings. The monoisotopic (exact) mass is 154 g/mol. The van der Waals surface area contributed by atoms with Crippen LogP contribution in [0.15, 0.2) is 23.6 Å². The summed E-state index contributed by atoms with van der Waals surface area (Å²) in [6.45, 7) is 1.50. The van der Waals surface area contributed by atoms with E-state index in [-0.39, 0.29) is 5.12 Å². The van der Waals surface area contributed by atoms with E-state index in [9.17, 15) is 4.79 Å². The van der Waals surface area contributed by atoms with Crippen molar-refractivity contribution in [3.05, 3.63) is 18.6 Å². The minimum atomic E-state index is 0.0282. The summed E-state index contributed by atoms with van der Waals surface area (Å²) in [4.78, 5) is 18.2. The Morgan fingerprint density at radius 3 is 2.90 bits per heavy atom. The molecule has 0 bridgehead atoms. The predicted molar refractivity (Wildman–Crippen MR) is 38.6 cm³/mol. The van der Waals surface area contributed by atoms with Crippen LogP contribution in [0.2, 0.25) is 0 Å². The first-order valence-electron chi connectivity index (χ1n) is 2.73. The smallest absolute Gasteiger partial charge is 0.192 e. The summed E-state index contributed by atoms with van der Waals surface area (Å²) in [5.74, 6) is 0. The number of hydrogen-bond donors (Lipinski definition) is 0. The van der Waals surface area contributed by atoms with E-state index < -0.39 is 0 Å². The Morgan fingerprint density at radius 2 is 2.40 bits per heavy atom. The first-order valence-corrected chi connectivity index (χ1v) is 3.55. The molecule has 0 aromatic carbocycles. The molecule has 0 saturated heterocycles. The van der Waals surface area contributed by atoms with Crippen LogP contribution in [0.3, 0.4) is 0 Å². The van der Waals surface area contributed by atoms with Gasteiger partial charge in [0.15, 0.2) is 5.12 Å². The number of nitrogens with zero attached hydrogens (tertiary/aromatic N) is 2. The van der Waals surface area contributed by atoms with Gasteiger partial charge in [-0.2, -0.15) is 0 Å². The van der Waals surface area contributed by atoms with E-state index in [0.29, 0.717) is 5.03 Å². The van der Waals surface area contributed by atoms with Crippen molar-refractivity contribution in [1.29, 1.82) is 0 Å². The van der Waals surface area contributed by atoms with Gasteiger partial charge < -0.3 is 0 Å². The van der Waals surface area contributed by atoms with Gasteiger partial charge in [0.25, 0.3) is 0 Å². The SMILES string of the molecule is CC(=O)Sc1cnccn1. The molecule has 0 atom stereocenters. The molecule has 52 valence electrons. The number of hydrogen-bond acceptors (Lipinski definition) is 4. The fourth-order valence-corrected chi connectivity index (χ4v) is 1.01. The van der Waals surface area contributed by atoms with Crippen molar-refractivity contribution >= 4 is 16.9 Å². The molecule has 0 aliphatic carbocycles. The summed E-state index contributed by atoms with van der Waals surface area (Å²) < 4.78 is 0. The quantitative estimate of drug-likeness (QED) is 0.568. The second-order valence-electron chi connectivity index (χ2n) is 1.64. The maximum Gasteiger partial charge on any atom is 0.192 e. The molecule has 0 saturated carbocycles. The van der Waals surface area contributed by atoms with Gasteiger partial charge in [0, 0.05) is 19.3 Å². The van der Waals surface area contributed by atoms with Crippen LogP contribution in [0.25, 0.3) is 0 Å². The number of carbonyl (C=O) groups is 1. The zero-order valence-corrected chi connectivity index (χ0v) is 6.26. The Labute approximate surface area is 62.9 Å². The highest BCUT2D eigenvalue weighted by Crippen LogP contribution is 2.12. The standard InChI is InChI=1S/C6H6N2OS/c1-5(9)10-6-4-7-2-3-8-6/h2-4H,1H3. The van der Waals surface area contributed by atoms with Crippen molar-refractivity contribution in [2.24, 2.45) is 0 Å². The zero-order valence-electron chi connectivity index (χ0n) is 5.44. The van der Waals surface area contributed by atoms with Gasteiger partial charge in [-0.3, -0.25) is 9.78 Å². The van der Waals surface area contributed by atoms with Crippen molar-refractivity contribution in [2.45, 2.75) is 11.9 Å². The molecule has 0 radical (unpaired) electrons. The second kappa shape index (κ2) is 3.31. The highest BCUT2D eigenvalue weighted by atomic mass is 32.2. The molecule has 0 unspecified atom stereocenters. The topological polar surface area (TPSA) is 42.9 Å². The van der Waals surface area contributed by atoms with Gasteiger partial charge >= 0.3 is 0 Å². The Morgan fingerprint density at radius 1 is 1.60 bits per heavy atom. The maximum atomic E-state index is 10.5. The molecule has 1 rings (SSSR count). The van der Waals surface area contributed by atoms with E-state index in [1.54, 1.807) is 18.6 Å². The summed E-state index contributed by atoms with van der Waals surface area (Å²) in [7, 11) is 0. The molecule has 3 nitrogen and oxygen atoms in total. The molecule has 0 aliphatic rings. The zero-order chi connectivity index (χ0) is 7.40. The normalized spacial score (nSPS) is 9.30. The van der Waals surface area contributed by atoms with Crippen LogP contribution >= 0.6 is 11.8 Å². The van der Waals surface area contributed by atoms with Gasteiger partial charge in [-0.1, -0.05) is 0 Å². The lowest BCUT2D eigenvalue weighted by atomic mass is 10.8. The van der Waals surface area contributed by atoms with Crippen LogP contribution in [0, 0.1) is 0 Å². The van der Waals surface area contributed by atoms with Crippen LogP contribution in [0.4, 0.5) is 0 Å². The fraction of sp³-hybridized carbons (Fsp3) is 0.167. The van der Waals surface area contributed by atoms with E-state index in [1.807, 2.05) is 0 Å². The van der Waals surface area contributed by atoms with Gasteiger partial charge in [0.2, 0.25) is 0 Å². The molecular formula is C6H6N2OS. The van der Waals surface area contributed by atoms with Crippen LogP contribution in [-0.2, 0) is 4.79 Å². The minimum Gasteiger partial charge on any atom is -0.287 e. The summed E-state index contributed by atoms with van der Waals surface area (Å²) in [5.41, 5.74) is 0. The average Bonchev–Trinajstić information content (AvgIpc) is 1.88. The van der Waals surface area contributed by atoms with Gasteiger partial charge in [0.05, 0.1) is 6.20 Å². The van der Waals surface area contributed by atoms with Gasteiger partial charge in [-0.05, 0) is 11.8 Å². The minimum absolute atomic E-state index is 0.0282. The van der Waals surface area contributed by atoms with E-state index >= 15 is 0 Å². The molecule has 10 heavy (non-hydrogen) atoms. The van der Waals surface area contributed by atoms with E-state index in [4.69, 9.17) is 0 Å². The third-order valence-electron chi connectivity index (χ3n) is 0.788. The highest BCUT2D eigenvalue weighted by molar-refractivity contribution is 8.13. The third-order valence-corrected chi connectivity index (χ3v) is 1.50. The van der Waals surface area contributed by atoms with E-state index in [0.717, 1.165) is 11.8 Å². The summed E-state index contributed by atoms with van der Waals surface area (Å²) in [5, 5.41) is 0.676. The third kappa shape index (κ3) is 2.14. The van der Waals surface area contributed by atoms with Crippen LogP contribution in [-0.4, -0.2) is 15.1 Å². The van der Waals surface area contributed by atoms with Gasteiger partial charge in [-0.25, -0.2) is 4.98 Å². The van der Waals surface area contributed by atoms with Gasteiger partial charge in [-0.15, -0.1) is 0 Å². The number of aromatic nitrogens is 2. The highest BCUT2D eigenvalue weighted by Gasteiger charge is 1.96. The van der Waals surface area contributed by atoms with Crippen molar-refractivity contribution < 1.29 is 4.79 Å². The average molecular weight is 154 g/mol. The molecule has 0 amide bonds. The van der Waals surface area contributed by atoms with E-state index in [1.165, 1.54) is 6.92 Å². The molecular weight excluding hydrogens is 148 g/mol. The van der Waals surface area contributed by atoms with Crippen LogP contribution < -0.4 is 0 Å². The molecule has 0 fully saturated rings. The largest absolute Gasteiger partial charge is 0.287 e. The number of thioether (sulfide) groups is 1. The lowest BCUT2D eigenvalue weighted by Gasteiger charge is -1.91. The predicted octanol–water partition coefficient (Wildman–Crippen LogP) is 1.12.